The van der Waals surface area contributed by atoms with Crippen LogP contribution in [0.15, 0.2) is 150 Å². The van der Waals surface area contributed by atoms with E-state index in [4.69, 9.17) is 4.74 Å². The lowest BCUT2D eigenvalue weighted by Crippen LogP contribution is -2.10. The van der Waals surface area contributed by atoms with Gasteiger partial charge in [0.1, 0.15) is 5.75 Å². The molecule has 0 radical (unpaired) electrons. The van der Waals surface area contributed by atoms with E-state index in [9.17, 15) is 0 Å². The van der Waals surface area contributed by atoms with Crippen LogP contribution in [-0.2, 0) is 22.7 Å². The van der Waals surface area contributed by atoms with Crippen LogP contribution in [0, 0.1) is 37.9 Å². The Morgan fingerprint density at radius 3 is 0.767 bits per heavy atom. The molecule has 0 aliphatic carbocycles. The molecule has 0 aromatic heterocycles. The van der Waals surface area contributed by atoms with E-state index in [1.165, 1.54) is 70.1 Å². The molecule has 496 valence electrons. The van der Waals surface area contributed by atoms with Crippen molar-refractivity contribution >= 4 is 23.5 Å². The van der Waals surface area contributed by atoms with E-state index in [1.54, 1.807) is 7.11 Å². The maximum absolute atomic E-state index is 5.12. The number of thioether (sulfide) groups is 2. The Balaban J connectivity index is -0.000000292. The second-order valence-electron chi connectivity index (χ2n) is 36.2. The molecule has 1 nitrogen and oxygen atoms in total. The summed E-state index contributed by atoms with van der Waals surface area (Å²) >= 11 is 4.00. The SMILES string of the molecule is CC(C)(C)C.CC(C)(C)C.CC(C)(C)C.CC(C)(C)C.CC(C)(C)C.CC(C)(C)CCCSCCc1ccccc1.CC(C)(C)c1ccccc1.CC(C)(C)c1ccccc1.CC(C)(C)c1ccccc1.COc1ccc(SCCC(C)(C)C)cc1. The molecule has 0 aliphatic heterocycles. The van der Waals surface area contributed by atoms with Crippen molar-refractivity contribution in [1.29, 1.82) is 0 Å². The third-order valence-corrected chi connectivity index (χ3v) is 11.8. The van der Waals surface area contributed by atoms with Crippen LogP contribution >= 0.6 is 23.5 Å². The zero-order chi connectivity index (χ0) is 68.5. The summed E-state index contributed by atoms with van der Waals surface area (Å²) < 4.78 is 5.12. The quantitative estimate of drug-likeness (QED) is 0.102. The number of hydrogen-bond acceptors (Lipinski definition) is 3. The van der Waals surface area contributed by atoms with E-state index in [1.807, 2.05) is 23.9 Å². The molecule has 0 spiro atoms. The molecule has 0 atom stereocenters. The molecule has 0 unspecified atom stereocenters. The van der Waals surface area contributed by atoms with Crippen molar-refractivity contribution in [2.45, 2.75) is 289 Å². The van der Waals surface area contributed by atoms with E-state index in [-0.39, 0.29) is 0 Å². The Bertz CT molecular complexity index is 2020. The zero-order valence-electron chi connectivity index (χ0n) is 64.0. The maximum Gasteiger partial charge on any atom is 0.118 e. The predicted octanol–water partition coefficient (Wildman–Crippen LogP) is 28.2. The third kappa shape index (κ3) is 89.4. The fourth-order valence-corrected chi connectivity index (χ4v) is 7.81. The fourth-order valence-electron chi connectivity index (χ4n) is 5.60. The van der Waals surface area contributed by atoms with Crippen molar-refractivity contribution in [3.8, 4) is 5.75 Å². The lowest BCUT2D eigenvalue weighted by Gasteiger charge is -2.18. The van der Waals surface area contributed by atoms with Crippen LogP contribution in [0.1, 0.15) is 284 Å². The molecule has 5 aromatic rings. The van der Waals surface area contributed by atoms with Gasteiger partial charge in [0.2, 0.25) is 0 Å². The van der Waals surface area contributed by atoms with Crippen LogP contribution in [0.5, 0.6) is 5.75 Å². The van der Waals surface area contributed by atoms with E-state index in [0.29, 0.717) is 54.1 Å². The summed E-state index contributed by atoms with van der Waals surface area (Å²) in [4.78, 5) is 1.32. The smallest absolute Gasteiger partial charge is 0.118 e. The van der Waals surface area contributed by atoms with E-state index < -0.39 is 0 Å². The normalized spacial score (nSPS) is 11.7. The summed E-state index contributed by atoms with van der Waals surface area (Å²) in [5, 5.41) is 0. The van der Waals surface area contributed by atoms with Crippen molar-refractivity contribution in [2.24, 2.45) is 37.9 Å². The lowest BCUT2D eigenvalue weighted by atomic mass is 9.87. The monoisotopic (exact) mass is 1220 g/mol. The number of ether oxygens (including phenoxy) is 1. The minimum atomic E-state index is 0.293. The van der Waals surface area contributed by atoms with Crippen LogP contribution in [0.25, 0.3) is 0 Å². The lowest BCUT2D eigenvalue weighted by molar-refractivity contribution is 0.374. The van der Waals surface area contributed by atoms with Gasteiger partial charge in [0, 0.05) is 4.90 Å². The van der Waals surface area contributed by atoms with Crippen molar-refractivity contribution < 1.29 is 4.74 Å². The Labute approximate surface area is 549 Å². The number of hydrogen-bond donors (Lipinski definition) is 0. The van der Waals surface area contributed by atoms with Gasteiger partial charge in [-0.25, -0.2) is 0 Å². The molecule has 0 fully saturated rings. The number of rotatable bonds is 10. The number of aryl methyl sites for hydroxylation is 1. The molecule has 0 bridgehead atoms. The summed E-state index contributed by atoms with van der Waals surface area (Å²) in [6.07, 6.45) is 5.14. The second kappa shape index (κ2) is 44.9. The molecule has 5 rings (SSSR count). The first kappa shape index (κ1) is 91.3. The highest BCUT2D eigenvalue weighted by Crippen LogP contribution is 2.28. The number of benzene rings is 5. The third-order valence-electron chi connectivity index (χ3n) is 9.69. The average Bonchev–Trinajstić information content (AvgIpc) is 3.31. The molecule has 3 heteroatoms. The maximum atomic E-state index is 5.12. The average molecular weight is 1220 g/mol. The predicted molar refractivity (Wildman–Crippen MR) is 405 cm³/mol. The standard InChI is InChI=1S/C15H24S.C13H20OS.3C10H14.5C5H12/c1-15(2,3)11-7-12-16-13-10-14-8-5-4-6-9-14;1-13(2,3)9-10-15-12-7-5-11(14-4)6-8-12;3*1-10(2,3)9-7-5-4-6-8-9;5*1-5(2,3)4/h4-6,8-9H,7,10-13H2,1-3H3;5-8H,9-10H2,1-4H3;3*4-8H,1-3H3;5*1-4H3. The van der Waals surface area contributed by atoms with Gasteiger partial charge in [-0.2, -0.15) is 11.8 Å². The fraction of sp³-hybridized carbons (Fsp3) is 0.639. The number of methoxy groups -OCH3 is 1. The molecule has 86 heavy (non-hydrogen) atoms. The first-order valence-electron chi connectivity index (χ1n) is 32.5. The summed E-state index contributed by atoms with van der Waals surface area (Å²) in [5.74, 6) is 4.67. The van der Waals surface area contributed by atoms with Gasteiger partial charge in [0.25, 0.3) is 0 Å². The Morgan fingerprint density at radius 1 is 0.291 bits per heavy atom. The van der Waals surface area contributed by atoms with Crippen LogP contribution in [-0.4, -0.2) is 24.4 Å². The van der Waals surface area contributed by atoms with E-state index in [2.05, 4.69) is 388 Å². The Hall–Kier alpha value is -3.40. The minimum Gasteiger partial charge on any atom is -0.497 e. The highest BCUT2D eigenvalue weighted by atomic mass is 32.2. The molecule has 0 saturated heterocycles. The molecular weight excluding hydrogens is 1080 g/mol. The van der Waals surface area contributed by atoms with Crippen molar-refractivity contribution in [2.75, 3.05) is 24.4 Å². The minimum absolute atomic E-state index is 0.293. The molecule has 5 aromatic carbocycles. The highest BCUT2D eigenvalue weighted by Gasteiger charge is 2.14. The summed E-state index contributed by atoms with van der Waals surface area (Å²) in [5.41, 5.74) is 9.97. The van der Waals surface area contributed by atoms with Gasteiger partial charge >= 0.3 is 0 Å². The molecule has 0 heterocycles. The largest absolute Gasteiger partial charge is 0.497 e. The molecule has 0 saturated carbocycles. The second-order valence-corrected chi connectivity index (χ2v) is 38.6. The zero-order valence-corrected chi connectivity index (χ0v) is 65.7. The summed E-state index contributed by atoms with van der Waals surface area (Å²) in [6, 6.07) is 50.7. The van der Waals surface area contributed by atoms with Crippen molar-refractivity contribution in [1.82, 2.24) is 0 Å². The van der Waals surface area contributed by atoms with Crippen LogP contribution in [0.4, 0.5) is 0 Å². The highest BCUT2D eigenvalue weighted by molar-refractivity contribution is 7.99. The topological polar surface area (TPSA) is 9.23 Å². The molecule has 0 N–H and O–H groups in total. The van der Waals surface area contributed by atoms with Gasteiger partial charge in [-0.05, 0) is 144 Å². The van der Waals surface area contributed by atoms with Gasteiger partial charge in [-0.1, -0.05) is 364 Å². The van der Waals surface area contributed by atoms with E-state index >= 15 is 0 Å². The Morgan fingerprint density at radius 2 is 0.547 bits per heavy atom. The van der Waals surface area contributed by atoms with Crippen LogP contribution in [0.2, 0.25) is 0 Å². The van der Waals surface area contributed by atoms with E-state index in [0.717, 1.165) is 5.75 Å². The summed E-state index contributed by atoms with van der Waals surface area (Å²) in [6.45, 7) is 77.6. The first-order valence-corrected chi connectivity index (χ1v) is 34.6. The van der Waals surface area contributed by atoms with Crippen molar-refractivity contribution in [3.63, 3.8) is 0 Å². The van der Waals surface area contributed by atoms with Gasteiger partial charge in [0.05, 0.1) is 7.11 Å². The molecular formula is C83H146OS2. The Kier molecular flexibility index (Phi) is 47.7. The molecule has 0 aliphatic rings. The van der Waals surface area contributed by atoms with Gasteiger partial charge in [-0.15, -0.1) is 11.8 Å². The van der Waals surface area contributed by atoms with Gasteiger partial charge in [-0.3, -0.25) is 0 Å². The van der Waals surface area contributed by atoms with Gasteiger partial charge in [0.15, 0.2) is 0 Å². The molecule has 0 amide bonds. The van der Waals surface area contributed by atoms with Gasteiger partial charge < -0.3 is 4.74 Å². The van der Waals surface area contributed by atoms with Crippen LogP contribution in [0.3, 0.4) is 0 Å². The van der Waals surface area contributed by atoms with Crippen LogP contribution < -0.4 is 4.74 Å². The first-order chi connectivity index (χ1) is 38.4. The van der Waals surface area contributed by atoms with Crippen molar-refractivity contribution in [3.05, 3.63) is 168 Å². The summed E-state index contributed by atoms with van der Waals surface area (Å²) in [7, 11) is 1.70.